The molecule has 0 amide bonds. The van der Waals surface area contributed by atoms with Crippen molar-refractivity contribution in [2.24, 2.45) is 11.5 Å². The molecule has 0 aliphatic carbocycles. The predicted octanol–water partition coefficient (Wildman–Crippen LogP) is 9.25. The molecule has 4 aromatic carbocycles. The second-order valence-electron chi connectivity index (χ2n) is 14.5. The van der Waals surface area contributed by atoms with E-state index in [4.69, 9.17) is 53.2 Å². The van der Waals surface area contributed by atoms with E-state index in [2.05, 4.69) is 21.6 Å². The Morgan fingerprint density at radius 1 is 0.621 bits per heavy atom. The average Bonchev–Trinajstić information content (AvgIpc) is 3.94. The summed E-state index contributed by atoms with van der Waals surface area (Å²) in [5.41, 5.74) is 14.5. The van der Waals surface area contributed by atoms with Gasteiger partial charge in [0, 0.05) is 20.9 Å². The van der Waals surface area contributed by atoms with Crippen molar-refractivity contribution in [2.75, 3.05) is 26.4 Å². The van der Waals surface area contributed by atoms with Crippen LogP contribution in [-0.4, -0.2) is 47.7 Å². The molecule has 6 rings (SSSR count). The van der Waals surface area contributed by atoms with Crippen molar-refractivity contribution in [3.05, 3.63) is 175 Å². The molecule has 58 heavy (non-hydrogen) atoms. The second-order valence-corrected chi connectivity index (χ2v) is 20.1. The average molecular weight is 886 g/mol. The number of nitrogens with two attached hydrogens (primary N) is 2. The smallest absolute Gasteiger partial charge is 0.319 e. The lowest BCUT2D eigenvalue weighted by molar-refractivity contribution is 0.0951. The van der Waals surface area contributed by atoms with Gasteiger partial charge >= 0.3 is 8.25 Å². The molecule has 4 atom stereocenters. The Hall–Kier alpha value is -3.29. The highest BCUT2D eigenvalue weighted by molar-refractivity contribution is 8.22. The fourth-order valence-corrected chi connectivity index (χ4v) is 11.1. The maximum atomic E-state index is 12.8. The number of aliphatic hydroxyl groups excluding tert-OH is 2. The summed E-state index contributed by atoms with van der Waals surface area (Å²) in [7, 11) is -4.45. The van der Waals surface area contributed by atoms with Crippen LogP contribution >= 0.6 is 53.2 Å². The van der Waals surface area contributed by atoms with Gasteiger partial charge in [-0.2, -0.15) is 21.8 Å². The van der Waals surface area contributed by atoms with Gasteiger partial charge in [-0.3, -0.25) is 4.57 Å². The minimum absolute atomic E-state index is 0.212. The second kappa shape index (κ2) is 21.3. The first-order valence-corrected chi connectivity index (χ1v) is 23.8. The van der Waals surface area contributed by atoms with E-state index < -0.39 is 54.3 Å². The Morgan fingerprint density at radius 2 is 1.03 bits per heavy atom. The van der Waals surface area contributed by atoms with E-state index in [1.807, 2.05) is 109 Å². The Bertz CT molecular complexity index is 1990. The Balaban J connectivity index is 0.925. The number of aliphatic hydroxyl groups is 2. The maximum absolute atomic E-state index is 12.8. The molecule has 9 nitrogen and oxygen atoms in total. The van der Waals surface area contributed by atoms with Crippen LogP contribution in [0.15, 0.2) is 152 Å². The van der Waals surface area contributed by atoms with Gasteiger partial charge in [0.2, 0.25) is 0 Å². The number of hydrogen-bond donors (Lipinski definition) is 6. The van der Waals surface area contributed by atoms with E-state index in [0.29, 0.717) is 48.9 Å². The third-order valence-electron chi connectivity index (χ3n) is 9.87. The van der Waals surface area contributed by atoms with Crippen molar-refractivity contribution in [1.82, 2.24) is 0 Å². The van der Waals surface area contributed by atoms with Gasteiger partial charge in [-0.15, -0.1) is 0 Å². The van der Waals surface area contributed by atoms with Crippen LogP contribution in [0.3, 0.4) is 0 Å². The number of rotatable bonds is 22. The predicted molar refractivity (Wildman–Crippen MR) is 240 cm³/mol. The van der Waals surface area contributed by atoms with Gasteiger partial charge < -0.3 is 40.2 Å². The number of ether oxygens (including phenoxy) is 2. The quantitative estimate of drug-likeness (QED) is 0.0336. The molecule has 0 fully saturated rings. The SMILES string of the molecule is NC(CO)(CCc1ccc([SH]2C=CC(OCc3ccccc3)=C2)cc1Cl)CO[PH](=O)OCC(N)(CO)CCc1ccc([SH]2C=CC(OCc3ccccc3)=C2)cc1Cl. The molecule has 0 bridgehead atoms. The van der Waals surface area contributed by atoms with Crippen LogP contribution < -0.4 is 11.5 Å². The van der Waals surface area contributed by atoms with E-state index in [1.165, 1.54) is 0 Å². The Kier molecular flexibility index (Phi) is 16.3. The molecule has 2 aliphatic heterocycles. The van der Waals surface area contributed by atoms with Crippen LogP contribution in [0.25, 0.3) is 0 Å². The molecular weight excluding hydrogens is 835 g/mol. The molecule has 4 unspecified atom stereocenters. The molecule has 2 heterocycles. The lowest BCUT2D eigenvalue weighted by atomic mass is 9.94. The highest BCUT2D eigenvalue weighted by Gasteiger charge is 2.29. The summed E-state index contributed by atoms with van der Waals surface area (Å²) in [5.74, 6) is 1.68. The minimum Gasteiger partial charge on any atom is -0.488 e. The topological polar surface area (TPSA) is 146 Å². The van der Waals surface area contributed by atoms with Crippen molar-refractivity contribution in [1.29, 1.82) is 0 Å². The van der Waals surface area contributed by atoms with Gasteiger partial charge in [-0.25, -0.2) is 0 Å². The van der Waals surface area contributed by atoms with Gasteiger partial charge in [-0.05, 0) is 105 Å². The van der Waals surface area contributed by atoms with E-state index >= 15 is 0 Å². The maximum Gasteiger partial charge on any atom is 0.319 e. The molecule has 6 N–H and O–H groups in total. The van der Waals surface area contributed by atoms with Crippen molar-refractivity contribution < 1.29 is 33.3 Å². The molecule has 0 aromatic heterocycles. The number of benzene rings is 4. The summed E-state index contributed by atoms with van der Waals surface area (Å²) in [4.78, 5) is 2.18. The monoisotopic (exact) mass is 884 g/mol. The molecular formula is C44H51Cl2N2O7PS2. The fourth-order valence-electron chi connectivity index (χ4n) is 6.13. The number of thiol groups is 2. The summed E-state index contributed by atoms with van der Waals surface area (Å²) in [6, 6.07) is 32.0. The van der Waals surface area contributed by atoms with Crippen molar-refractivity contribution >= 4 is 53.2 Å². The van der Waals surface area contributed by atoms with Gasteiger partial charge in [-0.1, -0.05) is 96.0 Å². The van der Waals surface area contributed by atoms with Crippen molar-refractivity contribution in [3.63, 3.8) is 0 Å². The van der Waals surface area contributed by atoms with E-state index in [9.17, 15) is 14.8 Å². The summed E-state index contributed by atoms with van der Waals surface area (Å²) in [6.45, 7) is -0.222. The van der Waals surface area contributed by atoms with Crippen LogP contribution in [0.2, 0.25) is 10.0 Å². The standard InChI is InChI=1S/C44H51Cl2N2O7PS2/c45-41-23-39(57-21-17-37(27-57)52-25-33-7-3-1-4-8-33)13-11-35(41)15-19-43(47,29-49)31-54-56(51)55-32-44(48,30-50)20-16-36-12-14-40(24-42(36)46)58-22-18-38(28-58)53-26-34-9-5-2-6-10-34/h1-14,17-18,21-24,27-28,49-50,56-58H,15-16,19-20,25-26,29-32,47-48H2. The molecule has 14 heteroatoms. The lowest BCUT2D eigenvalue weighted by Crippen LogP contribution is -2.49. The van der Waals surface area contributed by atoms with Gasteiger partial charge in [0.1, 0.15) is 24.7 Å². The zero-order valence-electron chi connectivity index (χ0n) is 32.0. The molecule has 2 aliphatic rings. The van der Waals surface area contributed by atoms with Gasteiger partial charge in [0.05, 0.1) is 37.5 Å². The van der Waals surface area contributed by atoms with Crippen LogP contribution in [0.1, 0.15) is 35.1 Å². The first kappa shape index (κ1) is 44.3. The highest BCUT2D eigenvalue weighted by atomic mass is 35.5. The Morgan fingerprint density at radius 3 is 1.41 bits per heavy atom. The van der Waals surface area contributed by atoms with Crippen LogP contribution in [0.4, 0.5) is 0 Å². The third kappa shape index (κ3) is 12.9. The number of aryl methyl sites for hydroxylation is 2. The fraction of sp³-hybridized carbons (Fsp3) is 0.273. The van der Waals surface area contributed by atoms with Crippen molar-refractivity contribution in [2.45, 2.75) is 59.8 Å². The van der Waals surface area contributed by atoms with Crippen LogP contribution in [-0.2, 0) is 49.1 Å². The third-order valence-corrected chi connectivity index (χ3v) is 15.1. The zero-order chi connectivity index (χ0) is 41.0. The number of allylic oxidation sites excluding steroid dienone is 2. The first-order chi connectivity index (χ1) is 28.0. The first-order valence-electron chi connectivity index (χ1n) is 18.9. The molecule has 0 saturated carbocycles. The molecule has 0 spiro atoms. The summed E-state index contributed by atoms with van der Waals surface area (Å²) >= 11 is 13.4. The zero-order valence-corrected chi connectivity index (χ0v) is 36.3. The summed E-state index contributed by atoms with van der Waals surface area (Å²) in [5, 5.41) is 30.0. The minimum atomic E-state index is -3.06. The molecule has 0 saturated heterocycles. The summed E-state index contributed by atoms with van der Waals surface area (Å²) < 4.78 is 35.8. The summed E-state index contributed by atoms with van der Waals surface area (Å²) in [6.07, 6.45) is 5.56. The largest absolute Gasteiger partial charge is 0.488 e. The number of hydrogen-bond acceptors (Lipinski definition) is 9. The van der Waals surface area contributed by atoms with E-state index in [-0.39, 0.29) is 13.2 Å². The molecule has 0 radical (unpaired) electrons. The number of halogens is 2. The van der Waals surface area contributed by atoms with Crippen LogP contribution in [0.5, 0.6) is 0 Å². The molecule has 4 aromatic rings. The molecule has 310 valence electrons. The van der Waals surface area contributed by atoms with E-state index in [0.717, 1.165) is 43.6 Å². The highest BCUT2D eigenvalue weighted by Crippen LogP contribution is 2.47. The normalized spacial score (nSPS) is 19.9. The van der Waals surface area contributed by atoms with E-state index in [1.54, 1.807) is 0 Å². The van der Waals surface area contributed by atoms with Crippen LogP contribution in [0, 0.1) is 0 Å². The van der Waals surface area contributed by atoms with Crippen molar-refractivity contribution in [3.8, 4) is 0 Å². The van der Waals surface area contributed by atoms with Gasteiger partial charge in [0.25, 0.3) is 0 Å². The lowest BCUT2D eigenvalue weighted by Gasteiger charge is -2.29. The Labute approximate surface area is 357 Å². The van der Waals surface area contributed by atoms with Gasteiger partial charge in [0.15, 0.2) is 0 Å².